The molecule has 3 aromatic rings. The fraction of sp³-hybridized carbons (Fsp3) is 0.364. The molecule has 1 aromatic carbocycles. The Morgan fingerprint density at radius 2 is 2.10 bits per heavy atom. The van der Waals surface area contributed by atoms with Crippen molar-refractivity contribution in [1.29, 1.82) is 0 Å². The minimum Gasteiger partial charge on any atom is -0.464 e. The maximum absolute atomic E-state index is 13.2. The van der Waals surface area contributed by atoms with E-state index in [0.717, 1.165) is 18.5 Å². The average molecular weight is 396 g/mol. The Balaban J connectivity index is 1.46. The molecule has 0 aliphatic carbocycles. The molecule has 4 rings (SSSR count). The second-order valence-corrected chi connectivity index (χ2v) is 7.46. The lowest BCUT2D eigenvalue weighted by atomic mass is 10.0. The molecule has 0 unspecified atom stereocenters. The topological polar surface area (TPSA) is 70.4 Å². The van der Waals surface area contributed by atoms with Crippen LogP contribution in [0.2, 0.25) is 0 Å². The molecular weight excluding hydrogens is 371 g/mol. The third-order valence-electron chi connectivity index (χ3n) is 5.42. The summed E-state index contributed by atoms with van der Waals surface area (Å²) < 4.78 is 18.7. The van der Waals surface area contributed by atoms with Crippen LogP contribution in [0.5, 0.6) is 0 Å². The summed E-state index contributed by atoms with van der Waals surface area (Å²) in [5.41, 5.74) is 1.53. The van der Waals surface area contributed by atoms with Crippen LogP contribution >= 0.6 is 0 Å². The van der Waals surface area contributed by atoms with Gasteiger partial charge in [0.05, 0.1) is 11.6 Å². The highest BCUT2D eigenvalue weighted by atomic mass is 19.1. The number of aromatic nitrogens is 1. The number of nitrogens with zero attached hydrogens (tertiary/aromatic N) is 2. The number of fused-ring (bicyclic) bond motifs is 1. The van der Waals surface area contributed by atoms with E-state index in [1.807, 2.05) is 0 Å². The van der Waals surface area contributed by atoms with Gasteiger partial charge in [-0.05, 0) is 56.6 Å². The molecule has 1 saturated heterocycles. The van der Waals surface area contributed by atoms with Gasteiger partial charge in [-0.3, -0.25) is 9.69 Å². The van der Waals surface area contributed by atoms with Crippen molar-refractivity contribution in [1.82, 2.24) is 15.2 Å². The van der Waals surface area contributed by atoms with E-state index >= 15 is 0 Å². The smallest absolute Gasteiger partial charge is 0.270 e. The number of amides is 1. The summed E-state index contributed by atoms with van der Waals surface area (Å²) >= 11 is 0. The number of furan rings is 1. The Morgan fingerprint density at radius 3 is 2.90 bits per heavy atom. The monoisotopic (exact) mass is 396 g/mol. The molecule has 29 heavy (non-hydrogen) atoms. The van der Waals surface area contributed by atoms with Crippen LogP contribution in [0.4, 0.5) is 15.9 Å². The molecule has 2 N–H and O–H groups in total. The second-order valence-electron chi connectivity index (χ2n) is 7.46. The van der Waals surface area contributed by atoms with Gasteiger partial charge in [0.25, 0.3) is 5.91 Å². The predicted octanol–water partition coefficient (Wildman–Crippen LogP) is 4.31. The van der Waals surface area contributed by atoms with Crippen molar-refractivity contribution in [2.24, 2.45) is 0 Å². The normalized spacial score (nSPS) is 17.4. The lowest BCUT2D eigenvalue weighted by Crippen LogP contribution is -2.42. The number of hydrogen-bond acceptors (Lipinski definition) is 5. The fourth-order valence-electron chi connectivity index (χ4n) is 3.74. The number of halogens is 1. The first-order chi connectivity index (χ1) is 14.1. The summed E-state index contributed by atoms with van der Waals surface area (Å²) in [5, 5.41) is 6.86. The Morgan fingerprint density at radius 1 is 1.28 bits per heavy atom. The molecule has 1 fully saturated rings. The fourth-order valence-corrected chi connectivity index (χ4v) is 3.74. The Bertz CT molecular complexity index is 986. The summed E-state index contributed by atoms with van der Waals surface area (Å²) in [4.78, 5) is 19.6. The average Bonchev–Trinajstić information content (AvgIpc) is 3.20. The Kier molecular flexibility index (Phi) is 5.76. The molecule has 0 radical (unpaired) electrons. The number of anilines is 2. The van der Waals surface area contributed by atoms with Crippen molar-refractivity contribution in [3.8, 4) is 0 Å². The standard InChI is InChI=1S/C22H25FN4O2/c1-15-4-2-3-11-27(15)12-10-24-22(28)19-14-20-18(9-13-29-20)21(26-19)25-17-7-5-16(23)6-8-17/h5-9,13-15H,2-4,10-12H2,1H3,(H,24,28)(H,25,26)/t15-/m1/s1. The summed E-state index contributed by atoms with van der Waals surface area (Å²) in [6.45, 7) is 4.72. The molecule has 1 amide bonds. The quantitative estimate of drug-likeness (QED) is 0.650. The molecule has 6 nitrogen and oxygen atoms in total. The minimum absolute atomic E-state index is 0.241. The number of nitrogens with one attached hydrogen (secondary N) is 2. The zero-order valence-electron chi connectivity index (χ0n) is 16.5. The van der Waals surface area contributed by atoms with Crippen molar-refractivity contribution >= 4 is 28.4 Å². The van der Waals surface area contributed by atoms with Gasteiger partial charge in [-0.1, -0.05) is 6.42 Å². The number of likely N-dealkylation sites (tertiary alicyclic amines) is 1. The van der Waals surface area contributed by atoms with Crippen LogP contribution in [0.25, 0.3) is 11.0 Å². The van der Waals surface area contributed by atoms with E-state index in [4.69, 9.17) is 4.42 Å². The van der Waals surface area contributed by atoms with Crippen molar-refractivity contribution in [2.75, 3.05) is 25.0 Å². The number of piperidine rings is 1. The molecule has 1 atom stereocenters. The van der Waals surface area contributed by atoms with Gasteiger partial charge in [0, 0.05) is 30.9 Å². The van der Waals surface area contributed by atoms with Crippen LogP contribution in [0.15, 0.2) is 47.1 Å². The van der Waals surface area contributed by atoms with Gasteiger partial charge >= 0.3 is 0 Å². The van der Waals surface area contributed by atoms with Crippen molar-refractivity contribution in [2.45, 2.75) is 32.2 Å². The zero-order valence-corrected chi connectivity index (χ0v) is 16.5. The Labute approximate surface area is 169 Å². The SMILES string of the molecule is C[C@@H]1CCCCN1CCNC(=O)c1cc2occc2c(Nc2ccc(F)cc2)n1. The van der Waals surface area contributed by atoms with E-state index in [1.165, 1.54) is 31.4 Å². The summed E-state index contributed by atoms with van der Waals surface area (Å²) in [6, 6.07) is 9.97. The third-order valence-corrected chi connectivity index (χ3v) is 5.42. The van der Waals surface area contributed by atoms with Crippen molar-refractivity contribution in [3.63, 3.8) is 0 Å². The highest BCUT2D eigenvalue weighted by Crippen LogP contribution is 2.26. The summed E-state index contributed by atoms with van der Waals surface area (Å²) in [6.07, 6.45) is 5.26. The molecular formula is C22H25FN4O2. The first kappa shape index (κ1) is 19.4. The van der Waals surface area contributed by atoms with Crippen LogP contribution < -0.4 is 10.6 Å². The van der Waals surface area contributed by atoms with Gasteiger partial charge in [-0.15, -0.1) is 0 Å². The van der Waals surface area contributed by atoms with E-state index in [1.54, 1.807) is 30.5 Å². The van der Waals surface area contributed by atoms with E-state index in [-0.39, 0.29) is 17.4 Å². The van der Waals surface area contributed by atoms with Crippen LogP contribution in [0.3, 0.4) is 0 Å². The highest BCUT2D eigenvalue weighted by molar-refractivity contribution is 5.99. The van der Waals surface area contributed by atoms with Crippen LogP contribution in [0, 0.1) is 5.82 Å². The first-order valence-electron chi connectivity index (χ1n) is 10.0. The molecule has 0 saturated carbocycles. The minimum atomic E-state index is -0.312. The predicted molar refractivity (Wildman–Crippen MR) is 111 cm³/mol. The highest BCUT2D eigenvalue weighted by Gasteiger charge is 2.19. The second kappa shape index (κ2) is 8.61. The molecule has 0 spiro atoms. The zero-order chi connectivity index (χ0) is 20.2. The number of benzene rings is 1. The van der Waals surface area contributed by atoms with E-state index in [0.29, 0.717) is 29.7 Å². The molecule has 152 valence electrons. The van der Waals surface area contributed by atoms with E-state index < -0.39 is 0 Å². The summed E-state index contributed by atoms with van der Waals surface area (Å²) in [7, 11) is 0. The lowest BCUT2D eigenvalue weighted by Gasteiger charge is -2.33. The molecule has 1 aliphatic rings. The van der Waals surface area contributed by atoms with Gasteiger partial charge in [0.15, 0.2) is 0 Å². The van der Waals surface area contributed by atoms with Gasteiger partial charge < -0.3 is 15.1 Å². The molecule has 3 heterocycles. The van der Waals surface area contributed by atoms with Crippen LogP contribution in [-0.4, -0.2) is 41.5 Å². The van der Waals surface area contributed by atoms with Crippen LogP contribution in [0.1, 0.15) is 36.7 Å². The number of carbonyl (C=O) groups is 1. The third kappa shape index (κ3) is 4.56. The van der Waals surface area contributed by atoms with Crippen molar-refractivity contribution in [3.05, 3.63) is 54.2 Å². The molecule has 7 heteroatoms. The lowest BCUT2D eigenvalue weighted by molar-refractivity contribution is 0.0933. The van der Waals surface area contributed by atoms with Gasteiger partial charge in [-0.25, -0.2) is 9.37 Å². The largest absolute Gasteiger partial charge is 0.464 e. The van der Waals surface area contributed by atoms with Gasteiger partial charge in [-0.2, -0.15) is 0 Å². The van der Waals surface area contributed by atoms with Crippen molar-refractivity contribution < 1.29 is 13.6 Å². The summed E-state index contributed by atoms with van der Waals surface area (Å²) in [5.74, 6) is -0.0547. The first-order valence-corrected chi connectivity index (χ1v) is 10.0. The molecule has 2 aromatic heterocycles. The van der Waals surface area contributed by atoms with Crippen LogP contribution in [-0.2, 0) is 0 Å². The van der Waals surface area contributed by atoms with E-state index in [9.17, 15) is 9.18 Å². The maximum atomic E-state index is 13.2. The maximum Gasteiger partial charge on any atom is 0.270 e. The van der Waals surface area contributed by atoms with Gasteiger partial charge in [0.1, 0.15) is 22.9 Å². The number of hydrogen-bond donors (Lipinski definition) is 2. The molecule has 0 bridgehead atoms. The number of rotatable bonds is 6. The van der Waals surface area contributed by atoms with E-state index in [2.05, 4.69) is 27.4 Å². The van der Waals surface area contributed by atoms with Gasteiger partial charge in [0.2, 0.25) is 0 Å². The Hall–Kier alpha value is -2.93. The number of carbonyl (C=O) groups excluding carboxylic acids is 1. The number of pyridine rings is 1. The molecule has 1 aliphatic heterocycles.